The van der Waals surface area contributed by atoms with E-state index in [1.807, 2.05) is 12.1 Å². The van der Waals surface area contributed by atoms with Crippen LogP contribution in [0, 0.1) is 0 Å². The van der Waals surface area contributed by atoms with Gasteiger partial charge in [-0.1, -0.05) is 48.0 Å². The lowest BCUT2D eigenvalue weighted by atomic mass is 10.0. The molecular formula is C22H24ClN2O2S+. The fourth-order valence-electron chi connectivity index (χ4n) is 4.40. The molecule has 2 N–H and O–H groups in total. The summed E-state index contributed by atoms with van der Waals surface area (Å²) in [5.74, 6) is 0. The van der Waals surface area contributed by atoms with Gasteiger partial charge in [0.2, 0.25) is 10.0 Å². The topological polar surface area (TPSA) is 50.6 Å². The van der Waals surface area contributed by atoms with Gasteiger partial charge in [-0.15, -0.1) is 0 Å². The van der Waals surface area contributed by atoms with Crippen LogP contribution in [0.15, 0.2) is 65.6 Å². The zero-order valence-corrected chi connectivity index (χ0v) is 17.5. The minimum Gasteiger partial charge on any atom is -0.328 e. The van der Waals surface area contributed by atoms with Crippen LogP contribution in [0.1, 0.15) is 37.1 Å². The first-order valence-electron chi connectivity index (χ1n) is 9.60. The summed E-state index contributed by atoms with van der Waals surface area (Å²) >= 11 is 5.93. The molecule has 0 unspecified atom stereocenters. The van der Waals surface area contributed by atoms with E-state index >= 15 is 0 Å². The Morgan fingerprint density at radius 2 is 1.54 bits per heavy atom. The van der Waals surface area contributed by atoms with E-state index in [1.54, 1.807) is 24.3 Å². The van der Waals surface area contributed by atoms with Crippen LogP contribution in [-0.2, 0) is 10.0 Å². The first-order valence-corrected chi connectivity index (χ1v) is 11.5. The molecule has 0 aliphatic heterocycles. The second-order valence-corrected chi connectivity index (χ2v) is 9.34. The average Bonchev–Trinajstić information content (AvgIpc) is 2.99. The summed E-state index contributed by atoms with van der Waals surface area (Å²) in [6.45, 7) is 6.13. The van der Waals surface area contributed by atoms with Crippen molar-refractivity contribution in [2.24, 2.45) is 0 Å². The van der Waals surface area contributed by atoms with Gasteiger partial charge in [0.15, 0.2) is 0 Å². The standard InChI is InChI=1S/C22H23ClN2O2S/c1-3-25(4-2)22-19-10-6-8-15-7-5-9-18(20(15)19)21(22)24-28(26,27)17-13-11-16(23)12-14-17/h5-14,21-22,24H,3-4H2,1-2H3/p+1/t21-,22-/m0/s1. The van der Waals surface area contributed by atoms with Gasteiger partial charge in [-0.05, 0) is 54.4 Å². The van der Waals surface area contributed by atoms with Crippen LogP contribution >= 0.6 is 11.6 Å². The number of quaternary nitrogens is 1. The Kier molecular flexibility index (Phi) is 5.19. The maximum atomic E-state index is 13.2. The number of hydrogen-bond donors (Lipinski definition) is 2. The van der Waals surface area contributed by atoms with Gasteiger partial charge >= 0.3 is 0 Å². The number of halogens is 1. The fraction of sp³-hybridized carbons (Fsp3) is 0.273. The molecule has 0 fully saturated rings. The Hall–Kier alpha value is -1.92. The Bertz CT molecular complexity index is 1100. The molecule has 3 aromatic carbocycles. The maximum absolute atomic E-state index is 13.2. The van der Waals surface area contributed by atoms with Crippen LogP contribution in [0.25, 0.3) is 10.8 Å². The second-order valence-electron chi connectivity index (χ2n) is 7.19. The van der Waals surface area contributed by atoms with E-state index in [1.165, 1.54) is 15.8 Å². The lowest BCUT2D eigenvalue weighted by molar-refractivity contribution is -0.930. The molecule has 3 aromatic rings. The van der Waals surface area contributed by atoms with Crippen molar-refractivity contribution in [2.45, 2.75) is 30.8 Å². The van der Waals surface area contributed by atoms with E-state index in [9.17, 15) is 8.42 Å². The Morgan fingerprint density at radius 3 is 2.14 bits per heavy atom. The summed E-state index contributed by atoms with van der Waals surface area (Å²) in [7, 11) is -3.68. The predicted molar refractivity (Wildman–Crippen MR) is 113 cm³/mol. The highest BCUT2D eigenvalue weighted by Crippen LogP contribution is 2.43. The third-order valence-corrected chi connectivity index (χ3v) is 7.44. The van der Waals surface area contributed by atoms with Gasteiger partial charge < -0.3 is 4.90 Å². The number of likely N-dealkylation sites (N-methyl/N-ethyl adjacent to an activating group) is 1. The third-order valence-electron chi connectivity index (χ3n) is 5.73. The van der Waals surface area contributed by atoms with Gasteiger partial charge in [0.05, 0.1) is 18.0 Å². The van der Waals surface area contributed by atoms with Crippen molar-refractivity contribution in [3.63, 3.8) is 0 Å². The summed E-state index contributed by atoms with van der Waals surface area (Å²) in [6.07, 6.45) is 0. The molecule has 28 heavy (non-hydrogen) atoms. The van der Waals surface area contributed by atoms with Crippen LogP contribution < -0.4 is 9.62 Å². The van der Waals surface area contributed by atoms with E-state index < -0.39 is 10.0 Å². The summed E-state index contributed by atoms with van der Waals surface area (Å²) in [5.41, 5.74) is 2.27. The molecule has 1 aliphatic carbocycles. The lowest BCUT2D eigenvalue weighted by Crippen LogP contribution is -3.12. The molecule has 0 heterocycles. The lowest BCUT2D eigenvalue weighted by Gasteiger charge is -2.30. The summed E-state index contributed by atoms with van der Waals surface area (Å²) in [6, 6.07) is 18.5. The predicted octanol–water partition coefficient (Wildman–Crippen LogP) is 3.49. The number of hydrogen-bond acceptors (Lipinski definition) is 2. The Labute approximate surface area is 171 Å². The SMILES string of the molecule is CC[NH+](CC)[C@H]1c2cccc3cccc(c23)[C@@H]1NS(=O)(=O)c1ccc(Cl)cc1. The van der Waals surface area contributed by atoms with Gasteiger partial charge in [0.1, 0.15) is 12.1 Å². The van der Waals surface area contributed by atoms with E-state index in [4.69, 9.17) is 11.6 Å². The molecule has 4 nitrogen and oxygen atoms in total. The van der Waals surface area contributed by atoms with E-state index in [-0.39, 0.29) is 17.0 Å². The highest BCUT2D eigenvalue weighted by Gasteiger charge is 2.42. The highest BCUT2D eigenvalue weighted by atomic mass is 35.5. The molecule has 0 saturated carbocycles. The van der Waals surface area contributed by atoms with Crippen LogP contribution in [0.5, 0.6) is 0 Å². The highest BCUT2D eigenvalue weighted by molar-refractivity contribution is 7.89. The molecule has 6 heteroatoms. The van der Waals surface area contributed by atoms with E-state index in [0.29, 0.717) is 5.02 Å². The summed E-state index contributed by atoms with van der Waals surface area (Å²) in [4.78, 5) is 1.58. The minimum absolute atomic E-state index is 0.0400. The largest absolute Gasteiger partial charge is 0.328 e. The Morgan fingerprint density at radius 1 is 0.929 bits per heavy atom. The van der Waals surface area contributed by atoms with Crippen molar-refractivity contribution < 1.29 is 13.3 Å². The normalized spacial score (nSPS) is 18.9. The summed E-state index contributed by atoms with van der Waals surface area (Å²) < 4.78 is 29.3. The maximum Gasteiger partial charge on any atom is 0.241 e. The smallest absolute Gasteiger partial charge is 0.241 e. The molecule has 0 saturated heterocycles. The third kappa shape index (κ3) is 3.22. The van der Waals surface area contributed by atoms with Crippen molar-refractivity contribution in [2.75, 3.05) is 13.1 Å². The van der Waals surface area contributed by atoms with Crippen molar-refractivity contribution in [1.82, 2.24) is 4.72 Å². The number of rotatable bonds is 6. The first kappa shape index (κ1) is 19.4. The second kappa shape index (κ2) is 7.48. The molecule has 2 atom stereocenters. The van der Waals surface area contributed by atoms with Crippen LogP contribution in [0.2, 0.25) is 5.02 Å². The number of nitrogens with one attached hydrogen (secondary N) is 2. The monoisotopic (exact) mass is 415 g/mol. The number of benzene rings is 3. The van der Waals surface area contributed by atoms with Crippen LogP contribution in [0.4, 0.5) is 0 Å². The van der Waals surface area contributed by atoms with Crippen LogP contribution in [0.3, 0.4) is 0 Å². The molecule has 0 bridgehead atoms. The van der Waals surface area contributed by atoms with E-state index in [2.05, 4.69) is 42.8 Å². The van der Waals surface area contributed by atoms with Gasteiger partial charge in [-0.25, -0.2) is 8.42 Å². The molecule has 0 spiro atoms. The molecule has 0 amide bonds. The van der Waals surface area contributed by atoms with E-state index in [0.717, 1.165) is 24.0 Å². The van der Waals surface area contributed by atoms with Crippen molar-refractivity contribution in [3.8, 4) is 0 Å². The number of sulfonamides is 1. The van der Waals surface area contributed by atoms with Gasteiger partial charge in [0, 0.05) is 10.6 Å². The quantitative estimate of drug-likeness (QED) is 0.647. The van der Waals surface area contributed by atoms with Crippen molar-refractivity contribution in [3.05, 3.63) is 76.8 Å². The molecule has 4 rings (SSSR count). The zero-order valence-electron chi connectivity index (χ0n) is 15.9. The molecule has 0 aromatic heterocycles. The van der Waals surface area contributed by atoms with Crippen molar-refractivity contribution in [1.29, 1.82) is 0 Å². The van der Waals surface area contributed by atoms with Gasteiger partial charge in [0.25, 0.3) is 0 Å². The average molecular weight is 416 g/mol. The van der Waals surface area contributed by atoms with Crippen LogP contribution in [-0.4, -0.2) is 21.5 Å². The zero-order chi connectivity index (χ0) is 19.9. The minimum atomic E-state index is -3.68. The van der Waals surface area contributed by atoms with Gasteiger partial charge in [-0.3, -0.25) is 0 Å². The van der Waals surface area contributed by atoms with Crippen molar-refractivity contribution >= 4 is 32.4 Å². The fourth-order valence-corrected chi connectivity index (χ4v) is 5.76. The molecular weight excluding hydrogens is 392 g/mol. The van der Waals surface area contributed by atoms with Gasteiger partial charge in [-0.2, -0.15) is 4.72 Å². The molecule has 146 valence electrons. The molecule has 0 radical (unpaired) electrons. The first-order chi connectivity index (χ1) is 13.5. The Balaban J connectivity index is 1.82. The summed E-state index contributed by atoms with van der Waals surface area (Å²) in [5, 5.41) is 2.85. The molecule has 1 aliphatic rings.